The van der Waals surface area contributed by atoms with Crippen molar-refractivity contribution in [3.8, 4) is 5.75 Å². The molecule has 1 aromatic heterocycles. The molecule has 1 heterocycles. The maximum atomic E-state index is 13.5. The number of carbonyl (C=O) groups is 1. The van der Waals surface area contributed by atoms with Crippen LogP contribution in [0.5, 0.6) is 5.75 Å². The van der Waals surface area contributed by atoms with E-state index in [9.17, 15) is 9.18 Å². The summed E-state index contributed by atoms with van der Waals surface area (Å²) in [6.45, 7) is 0. The number of hydrogen-bond acceptors (Lipinski definition) is 3. The second kappa shape index (κ2) is 5.67. The Morgan fingerprint density at radius 1 is 1.37 bits per heavy atom. The lowest BCUT2D eigenvalue weighted by Gasteiger charge is -2.07. The average Bonchev–Trinajstić information content (AvgIpc) is 2.42. The monoisotopic (exact) mass is 280 g/mol. The molecule has 0 saturated heterocycles. The first kappa shape index (κ1) is 13.3. The number of halogens is 2. The molecule has 4 nitrogen and oxygen atoms in total. The van der Waals surface area contributed by atoms with Crippen LogP contribution in [0, 0.1) is 5.82 Å². The first-order valence-corrected chi connectivity index (χ1v) is 5.74. The first-order valence-electron chi connectivity index (χ1n) is 5.36. The molecule has 19 heavy (non-hydrogen) atoms. The third-order valence-corrected chi connectivity index (χ3v) is 2.61. The van der Waals surface area contributed by atoms with Crippen LogP contribution in [0.1, 0.15) is 10.5 Å². The van der Waals surface area contributed by atoms with E-state index in [0.29, 0.717) is 10.8 Å². The van der Waals surface area contributed by atoms with Gasteiger partial charge in [-0.3, -0.25) is 4.79 Å². The largest absolute Gasteiger partial charge is 0.497 e. The van der Waals surface area contributed by atoms with Gasteiger partial charge in [-0.25, -0.2) is 9.37 Å². The Kier molecular flexibility index (Phi) is 3.97. The van der Waals surface area contributed by atoms with Crippen molar-refractivity contribution in [3.05, 3.63) is 53.1 Å². The van der Waals surface area contributed by atoms with Crippen LogP contribution in [-0.2, 0) is 0 Å². The molecule has 0 aliphatic carbocycles. The second-order valence-electron chi connectivity index (χ2n) is 3.66. The van der Waals surface area contributed by atoms with E-state index >= 15 is 0 Å². The number of benzene rings is 1. The van der Waals surface area contributed by atoms with Gasteiger partial charge in [0.25, 0.3) is 5.91 Å². The van der Waals surface area contributed by atoms with Crippen LogP contribution in [0.3, 0.4) is 0 Å². The van der Waals surface area contributed by atoms with E-state index in [-0.39, 0.29) is 11.4 Å². The summed E-state index contributed by atoms with van der Waals surface area (Å²) in [5.74, 6) is -0.632. The zero-order valence-corrected chi connectivity index (χ0v) is 10.7. The van der Waals surface area contributed by atoms with Gasteiger partial charge in [-0.1, -0.05) is 11.6 Å². The number of methoxy groups -OCH3 is 1. The van der Waals surface area contributed by atoms with Crippen LogP contribution in [-0.4, -0.2) is 18.0 Å². The highest BCUT2D eigenvalue weighted by Gasteiger charge is 2.11. The van der Waals surface area contributed by atoms with E-state index < -0.39 is 11.7 Å². The van der Waals surface area contributed by atoms with Gasteiger partial charge in [-0.2, -0.15) is 0 Å². The Morgan fingerprint density at radius 2 is 2.16 bits per heavy atom. The van der Waals surface area contributed by atoms with Gasteiger partial charge in [0.2, 0.25) is 0 Å². The Morgan fingerprint density at radius 3 is 2.79 bits per heavy atom. The van der Waals surface area contributed by atoms with Crippen molar-refractivity contribution >= 4 is 23.2 Å². The van der Waals surface area contributed by atoms with E-state index in [1.807, 2.05) is 0 Å². The van der Waals surface area contributed by atoms with E-state index in [1.54, 1.807) is 0 Å². The number of pyridine rings is 1. The molecule has 0 bridgehead atoms. The summed E-state index contributed by atoms with van der Waals surface area (Å²) in [4.78, 5) is 15.7. The normalized spacial score (nSPS) is 10.1. The maximum Gasteiger partial charge on any atom is 0.274 e. The van der Waals surface area contributed by atoms with Gasteiger partial charge >= 0.3 is 0 Å². The number of anilines is 1. The Bertz CT molecular complexity index is 602. The number of amides is 1. The van der Waals surface area contributed by atoms with Crippen molar-refractivity contribution in [1.82, 2.24) is 4.98 Å². The van der Waals surface area contributed by atoms with E-state index in [0.717, 1.165) is 0 Å². The van der Waals surface area contributed by atoms with Crippen molar-refractivity contribution < 1.29 is 13.9 Å². The number of nitrogens with one attached hydrogen (secondary N) is 1. The molecule has 2 aromatic rings. The predicted molar refractivity (Wildman–Crippen MR) is 70.2 cm³/mol. The number of hydrogen-bond donors (Lipinski definition) is 1. The quantitative estimate of drug-likeness (QED) is 0.940. The van der Waals surface area contributed by atoms with Crippen molar-refractivity contribution in [2.24, 2.45) is 0 Å². The summed E-state index contributed by atoms with van der Waals surface area (Å²) >= 11 is 5.67. The fourth-order valence-corrected chi connectivity index (χ4v) is 1.54. The van der Waals surface area contributed by atoms with Crippen LogP contribution < -0.4 is 10.1 Å². The summed E-state index contributed by atoms with van der Waals surface area (Å²) in [5.41, 5.74) is 0.174. The van der Waals surface area contributed by atoms with Gasteiger partial charge in [0, 0.05) is 12.3 Å². The van der Waals surface area contributed by atoms with Gasteiger partial charge in [0.15, 0.2) is 0 Å². The Hall–Kier alpha value is -2.14. The summed E-state index contributed by atoms with van der Waals surface area (Å²) < 4.78 is 18.5. The minimum absolute atomic E-state index is 0.0288. The van der Waals surface area contributed by atoms with Gasteiger partial charge in [0.1, 0.15) is 17.3 Å². The molecule has 0 saturated carbocycles. The average molecular weight is 281 g/mol. The third kappa shape index (κ3) is 3.20. The van der Waals surface area contributed by atoms with Crippen LogP contribution in [0.25, 0.3) is 0 Å². The molecule has 0 spiro atoms. The molecule has 0 aliphatic rings. The SMILES string of the molecule is COc1ccc(F)c(NC(=O)c2ccc(Cl)cn2)c1. The molecule has 0 fully saturated rings. The Balaban J connectivity index is 2.21. The van der Waals surface area contributed by atoms with Crippen molar-refractivity contribution in [3.63, 3.8) is 0 Å². The fraction of sp³-hybridized carbons (Fsp3) is 0.0769. The maximum absolute atomic E-state index is 13.5. The highest BCUT2D eigenvalue weighted by molar-refractivity contribution is 6.30. The van der Waals surface area contributed by atoms with Gasteiger partial charge < -0.3 is 10.1 Å². The number of aromatic nitrogens is 1. The molecule has 1 amide bonds. The molecule has 6 heteroatoms. The molecule has 0 aliphatic heterocycles. The lowest BCUT2D eigenvalue weighted by molar-refractivity contribution is 0.102. The van der Waals surface area contributed by atoms with E-state index in [1.165, 1.54) is 43.6 Å². The highest BCUT2D eigenvalue weighted by Crippen LogP contribution is 2.21. The molecule has 98 valence electrons. The summed E-state index contributed by atoms with van der Waals surface area (Å²) in [6.07, 6.45) is 1.35. The number of rotatable bonds is 3. The molecule has 1 N–H and O–H groups in total. The van der Waals surface area contributed by atoms with Crippen molar-refractivity contribution in [2.45, 2.75) is 0 Å². The summed E-state index contributed by atoms with van der Waals surface area (Å²) in [5, 5.41) is 2.84. The zero-order chi connectivity index (χ0) is 13.8. The summed E-state index contributed by atoms with van der Waals surface area (Å²) in [6, 6.07) is 7.06. The lowest BCUT2D eigenvalue weighted by Crippen LogP contribution is -2.14. The topological polar surface area (TPSA) is 51.2 Å². The zero-order valence-electron chi connectivity index (χ0n) is 9.98. The second-order valence-corrected chi connectivity index (χ2v) is 4.10. The van der Waals surface area contributed by atoms with E-state index in [4.69, 9.17) is 16.3 Å². The smallest absolute Gasteiger partial charge is 0.274 e. The first-order chi connectivity index (χ1) is 9.10. The fourth-order valence-electron chi connectivity index (χ4n) is 1.42. The third-order valence-electron chi connectivity index (χ3n) is 2.38. The number of carbonyl (C=O) groups excluding carboxylic acids is 1. The molecule has 0 atom stereocenters. The highest BCUT2D eigenvalue weighted by atomic mass is 35.5. The van der Waals surface area contributed by atoms with Gasteiger partial charge in [0.05, 0.1) is 17.8 Å². The molecule has 0 radical (unpaired) electrons. The predicted octanol–water partition coefficient (Wildman–Crippen LogP) is 3.14. The van der Waals surface area contributed by atoms with Gasteiger partial charge in [-0.05, 0) is 24.3 Å². The molecule has 0 unspecified atom stereocenters. The molecular weight excluding hydrogens is 271 g/mol. The number of nitrogens with zero attached hydrogens (tertiary/aromatic N) is 1. The minimum Gasteiger partial charge on any atom is -0.497 e. The van der Waals surface area contributed by atoms with Crippen LogP contribution >= 0.6 is 11.6 Å². The van der Waals surface area contributed by atoms with E-state index in [2.05, 4.69) is 10.3 Å². The van der Waals surface area contributed by atoms with Crippen LogP contribution in [0.2, 0.25) is 5.02 Å². The van der Waals surface area contributed by atoms with Gasteiger partial charge in [-0.15, -0.1) is 0 Å². The number of ether oxygens (including phenoxy) is 1. The summed E-state index contributed by atoms with van der Waals surface area (Å²) in [7, 11) is 1.46. The molecule has 2 rings (SSSR count). The molecular formula is C13H10ClFN2O2. The van der Waals surface area contributed by atoms with Crippen molar-refractivity contribution in [1.29, 1.82) is 0 Å². The standard InChI is InChI=1S/C13H10ClFN2O2/c1-19-9-3-4-10(15)12(6-9)17-13(18)11-5-2-8(14)7-16-11/h2-7H,1H3,(H,17,18). The van der Waals surface area contributed by atoms with Crippen LogP contribution in [0.4, 0.5) is 10.1 Å². The lowest BCUT2D eigenvalue weighted by atomic mass is 10.2. The minimum atomic E-state index is -0.553. The molecule has 1 aromatic carbocycles. The Labute approximate surface area is 114 Å². The van der Waals surface area contributed by atoms with Crippen molar-refractivity contribution in [2.75, 3.05) is 12.4 Å². The van der Waals surface area contributed by atoms with Crippen LogP contribution in [0.15, 0.2) is 36.5 Å².